The maximum absolute atomic E-state index is 10.7. The van der Waals surface area contributed by atoms with Crippen molar-refractivity contribution in [1.29, 1.82) is 0 Å². The molecule has 0 aromatic carbocycles. The summed E-state index contributed by atoms with van der Waals surface area (Å²) in [6.07, 6.45) is 1.03. The average Bonchev–Trinajstić information content (AvgIpc) is 1.83. The van der Waals surface area contributed by atoms with Crippen molar-refractivity contribution < 1.29 is 47.3 Å². The molecule has 1 amide bonds. The van der Waals surface area contributed by atoms with Gasteiger partial charge in [-0.3, -0.25) is 8.98 Å². The van der Waals surface area contributed by atoms with E-state index in [0.717, 1.165) is 6.08 Å². The summed E-state index contributed by atoms with van der Waals surface area (Å²) in [4.78, 5) is 10.7. The number of hydrogen-bond acceptors (Lipinski definition) is 4. The van der Waals surface area contributed by atoms with Gasteiger partial charge in [0.15, 0.2) is 0 Å². The van der Waals surface area contributed by atoms with Crippen LogP contribution in [0.2, 0.25) is 0 Å². The van der Waals surface area contributed by atoms with Gasteiger partial charge in [-0.1, -0.05) is 6.58 Å². The molecule has 0 heterocycles. The van der Waals surface area contributed by atoms with Gasteiger partial charge in [0.25, 0.3) is 0 Å². The molecule has 13 heavy (non-hydrogen) atoms. The molecule has 0 spiro atoms. The third kappa shape index (κ3) is 8.61. The van der Waals surface area contributed by atoms with E-state index in [0.29, 0.717) is 0 Å². The summed E-state index contributed by atoms with van der Waals surface area (Å²) >= 11 is -2.65. The van der Waals surface area contributed by atoms with Gasteiger partial charge in [0.05, 0.1) is 11.4 Å². The van der Waals surface area contributed by atoms with Crippen LogP contribution in [0.15, 0.2) is 12.7 Å². The van der Waals surface area contributed by atoms with Gasteiger partial charge in [-0.25, -0.2) is 4.21 Å². The van der Waals surface area contributed by atoms with E-state index in [1.54, 1.807) is 0 Å². The zero-order valence-electron chi connectivity index (χ0n) is 7.83. The molecule has 1 unspecified atom stereocenters. The Bertz CT molecular complexity index is 219. The number of nitrogens with one attached hydrogen (secondary N) is 1. The van der Waals surface area contributed by atoms with Crippen molar-refractivity contribution in [3.8, 4) is 0 Å². The van der Waals surface area contributed by atoms with Crippen molar-refractivity contribution in [2.24, 2.45) is 0 Å². The number of rotatable bonds is 4. The van der Waals surface area contributed by atoms with Gasteiger partial charge in [0, 0.05) is 0 Å². The second-order valence-electron chi connectivity index (χ2n) is 2.49. The molecule has 0 saturated heterocycles. The Labute approximate surface area is 102 Å². The van der Waals surface area contributed by atoms with Gasteiger partial charge in [-0.05, 0) is 19.9 Å². The molecule has 1 N–H and O–H groups in total. The topological polar surface area (TPSA) is 78.5 Å². The zero-order chi connectivity index (χ0) is 9.78. The van der Waals surface area contributed by atoms with E-state index < -0.39 is 23.0 Å². The average molecular weight is 215 g/mol. The van der Waals surface area contributed by atoms with E-state index in [1.165, 1.54) is 13.8 Å². The standard InChI is InChI=1S/C6H11NO4S.Na/c1-4-5(8)7-6(2,3)11-12(9)10;/h4H,1H2,2-3H3,(H,7,8)(H,9,10);/q;+1/p-1. The quantitative estimate of drug-likeness (QED) is 0.232. The number of carbonyl (C=O) groups excluding carboxylic acids is 1. The van der Waals surface area contributed by atoms with Crippen molar-refractivity contribution in [3.63, 3.8) is 0 Å². The molecule has 0 rings (SSSR count). The zero-order valence-corrected chi connectivity index (χ0v) is 10.6. The Morgan fingerprint density at radius 1 is 1.69 bits per heavy atom. The van der Waals surface area contributed by atoms with Crippen LogP contribution >= 0.6 is 0 Å². The molecule has 0 aliphatic rings. The molecule has 0 saturated carbocycles. The fourth-order valence-corrected chi connectivity index (χ4v) is 0.921. The monoisotopic (exact) mass is 215 g/mol. The molecular formula is C6H10NNaO4S. The Balaban J connectivity index is 0. The molecule has 0 bridgehead atoms. The third-order valence-electron chi connectivity index (χ3n) is 0.886. The maximum Gasteiger partial charge on any atom is 1.00 e. The summed E-state index contributed by atoms with van der Waals surface area (Å²) in [7, 11) is 0. The van der Waals surface area contributed by atoms with Crippen molar-refractivity contribution in [1.82, 2.24) is 5.32 Å². The third-order valence-corrected chi connectivity index (χ3v) is 1.44. The first-order valence-corrected chi connectivity index (χ1v) is 4.11. The van der Waals surface area contributed by atoms with Gasteiger partial charge in [0.1, 0.15) is 5.72 Å². The molecule has 0 fully saturated rings. The number of carbonyl (C=O) groups is 1. The first kappa shape index (κ1) is 15.7. The fraction of sp³-hybridized carbons (Fsp3) is 0.500. The van der Waals surface area contributed by atoms with Crippen LogP contribution in [0.3, 0.4) is 0 Å². The van der Waals surface area contributed by atoms with Crippen LogP contribution in [-0.2, 0) is 20.3 Å². The van der Waals surface area contributed by atoms with Crippen molar-refractivity contribution >= 4 is 17.3 Å². The van der Waals surface area contributed by atoms with Gasteiger partial charge in [-0.15, -0.1) is 0 Å². The summed E-state index contributed by atoms with van der Waals surface area (Å²) in [5, 5.41) is 2.26. The maximum atomic E-state index is 10.7. The minimum atomic E-state index is -2.65. The van der Waals surface area contributed by atoms with E-state index in [4.69, 9.17) is 0 Å². The van der Waals surface area contributed by atoms with Gasteiger partial charge >= 0.3 is 29.6 Å². The van der Waals surface area contributed by atoms with Gasteiger partial charge < -0.3 is 9.87 Å². The van der Waals surface area contributed by atoms with Crippen LogP contribution in [0, 0.1) is 0 Å². The molecule has 5 nitrogen and oxygen atoms in total. The van der Waals surface area contributed by atoms with Crippen LogP contribution < -0.4 is 34.9 Å². The fourth-order valence-electron chi connectivity index (χ4n) is 0.539. The van der Waals surface area contributed by atoms with Crippen LogP contribution in [-0.4, -0.2) is 20.4 Å². The molecule has 0 aliphatic heterocycles. The van der Waals surface area contributed by atoms with Crippen molar-refractivity contribution in [2.45, 2.75) is 19.6 Å². The van der Waals surface area contributed by atoms with E-state index in [1.807, 2.05) is 0 Å². The molecule has 1 atom stereocenters. The summed E-state index contributed by atoms with van der Waals surface area (Å²) < 4.78 is 24.5. The number of hydrogen-bond donors (Lipinski definition) is 1. The minimum Gasteiger partial charge on any atom is -0.750 e. The second-order valence-corrected chi connectivity index (χ2v) is 3.07. The molecule has 7 heteroatoms. The second kappa shape index (κ2) is 6.69. The minimum absolute atomic E-state index is 0. The van der Waals surface area contributed by atoms with E-state index >= 15 is 0 Å². The first-order chi connectivity index (χ1) is 5.37. The van der Waals surface area contributed by atoms with Crippen LogP contribution in [0.25, 0.3) is 0 Å². The first-order valence-electron chi connectivity index (χ1n) is 3.11. The van der Waals surface area contributed by atoms with Crippen LogP contribution in [0.4, 0.5) is 0 Å². The molecule has 0 aromatic rings. The Morgan fingerprint density at radius 2 is 2.15 bits per heavy atom. The summed E-state index contributed by atoms with van der Waals surface area (Å²) in [6, 6.07) is 0. The molecule has 0 radical (unpaired) electrons. The molecule has 70 valence electrons. The normalized spacial score (nSPS) is 12.5. The van der Waals surface area contributed by atoms with Crippen molar-refractivity contribution in [3.05, 3.63) is 12.7 Å². The molecule has 0 aliphatic carbocycles. The van der Waals surface area contributed by atoms with Crippen LogP contribution in [0.5, 0.6) is 0 Å². The van der Waals surface area contributed by atoms with Crippen molar-refractivity contribution in [2.75, 3.05) is 0 Å². The van der Waals surface area contributed by atoms with E-state index in [-0.39, 0.29) is 29.6 Å². The number of amides is 1. The summed E-state index contributed by atoms with van der Waals surface area (Å²) in [6.45, 7) is 6.02. The van der Waals surface area contributed by atoms with E-state index in [2.05, 4.69) is 16.1 Å². The Kier molecular flexibility index (Phi) is 8.10. The van der Waals surface area contributed by atoms with Crippen LogP contribution in [0.1, 0.15) is 13.8 Å². The summed E-state index contributed by atoms with van der Waals surface area (Å²) in [5.41, 5.74) is -1.24. The molecule has 0 aromatic heterocycles. The molecular weight excluding hydrogens is 205 g/mol. The Morgan fingerprint density at radius 3 is 2.46 bits per heavy atom. The Hall–Kier alpha value is 0.280. The SMILES string of the molecule is C=CC(=O)NC(C)(C)OS(=O)[O-].[Na+]. The van der Waals surface area contributed by atoms with E-state index in [9.17, 15) is 13.6 Å². The predicted molar refractivity (Wildman–Crippen MR) is 42.4 cm³/mol. The van der Waals surface area contributed by atoms with Gasteiger partial charge in [0.2, 0.25) is 5.91 Å². The largest absolute Gasteiger partial charge is 1.00 e. The smallest absolute Gasteiger partial charge is 0.750 e. The summed E-state index contributed by atoms with van der Waals surface area (Å²) in [5.74, 6) is -0.495. The predicted octanol–water partition coefficient (Wildman–Crippen LogP) is -3.16. The van der Waals surface area contributed by atoms with Gasteiger partial charge in [-0.2, -0.15) is 0 Å².